The minimum Gasteiger partial charge on any atom is -0.444 e. The zero-order chi connectivity index (χ0) is 12.4. The van der Waals surface area contributed by atoms with Crippen molar-refractivity contribution in [2.45, 2.75) is 26.3 Å². The van der Waals surface area contributed by atoms with Crippen LogP contribution in [0.15, 0.2) is 28.2 Å². The Morgan fingerprint density at radius 3 is 3.28 bits per heavy atom. The van der Waals surface area contributed by atoms with E-state index in [1.807, 2.05) is 17.5 Å². The molecule has 0 aliphatic carbocycles. The summed E-state index contributed by atoms with van der Waals surface area (Å²) in [5.74, 6) is 1.56. The third-order valence-corrected chi connectivity index (χ3v) is 4.27. The number of aromatic nitrogens is 1. The van der Waals surface area contributed by atoms with Gasteiger partial charge in [0, 0.05) is 13.1 Å². The Kier molecular flexibility index (Phi) is 3.48. The minimum absolute atomic E-state index is 0.755. The molecule has 2 aromatic rings. The second kappa shape index (κ2) is 5.24. The van der Waals surface area contributed by atoms with Gasteiger partial charge < -0.3 is 4.42 Å². The fraction of sp³-hybridized carbons (Fsp3) is 0.500. The van der Waals surface area contributed by atoms with Crippen LogP contribution in [0.2, 0.25) is 0 Å². The summed E-state index contributed by atoms with van der Waals surface area (Å²) in [5, 5.41) is 2.05. The van der Waals surface area contributed by atoms with Crippen molar-refractivity contribution in [1.29, 1.82) is 0 Å². The summed E-state index contributed by atoms with van der Waals surface area (Å²) in [6, 6.07) is 4.07. The number of rotatable bonds is 3. The maximum absolute atomic E-state index is 5.55. The monoisotopic (exact) mass is 262 g/mol. The summed E-state index contributed by atoms with van der Waals surface area (Å²) < 4.78 is 5.55. The molecular weight excluding hydrogens is 244 g/mol. The van der Waals surface area contributed by atoms with Gasteiger partial charge in [0.15, 0.2) is 0 Å². The number of piperidine rings is 1. The molecule has 0 bridgehead atoms. The van der Waals surface area contributed by atoms with Crippen molar-refractivity contribution in [2.75, 3.05) is 13.1 Å². The van der Waals surface area contributed by atoms with E-state index >= 15 is 0 Å². The molecule has 18 heavy (non-hydrogen) atoms. The zero-order valence-electron chi connectivity index (χ0n) is 10.6. The molecule has 0 aromatic carbocycles. The maximum Gasteiger partial charge on any atom is 0.236 e. The first kappa shape index (κ1) is 11.9. The van der Waals surface area contributed by atoms with E-state index in [4.69, 9.17) is 4.42 Å². The van der Waals surface area contributed by atoms with E-state index in [1.165, 1.54) is 25.9 Å². The molecule has 1 fully saturated rings. The molecule has 1 aliphatic rings. The lowest BCUT2D eigenvalue weighted by Crippen LogP contribution is -2.33. The topological polar surface area (TPSA) is 29.3 Å². The Morgan fingerprint density at radius 2 is 2.50 bits per heavy atom. The van der Waals surface area contributed by atoms with Crippen molar-refractivity contribution in [2.24, 2.45) is 5.92 Å². The van der Waals surface area contributed by atoms with Gasteiger partial charge in [-0.1, -0.05) is 13.0 Å². The first-order valence-corrected chi connectivity index (χ1v) is 7.40. The molecule has 0 saturated carbocycles. The average Bonchev–Trinajstić information content (AvgIpc) is 2.98. The van der Waals surface area contributed by atoms with Crippen molar-refractivity contribution in [1.82, 2.24) is 9.88 Å². The van der Waals surface area contributed by atoms with E-state index in [-0.39, 0.29) is 0 Å². The average molecular weight is 262 g/mol. The smallest absolute Gasteiger partial charge is 0.236 e. The van der Waals surface area contributed by atoms with Crippen molar-refractivity contribution in [3.05, 3.63) is 29.5 Å². The van der Waals surface area contributed by atoms with E-state index in [2.05, 4.69) is 16.8 Å². The van der Waals surface area contributed by atoms with Gasteiger partial charge >= 0.3 is 0 Å². The standard InChI is InChI=1S/C14H18N2OS/c1-11-4-2-6-16(8-11)9-12-10-17-14(15-12)13-5-3-7-18-13/h3,5,7,10-11H,2,4,6,8-9H2,1H3. The number of thiophene rings is 1. The third kappa shape index (κ3) is 2.65. The van der Waals surface area contributed by atoms with Crippen LogP contribution in [-0.2, 0) is 6.54 Å². The lowest BCUT2D eigenvalue weighted by Gasteiger charge is -2.29. The highest BCUT2D eigenvalue weighted by Gasteiger charge is 2.18. The largest absolute Gasteiger partial charge is 0.444 e. The highest BCUT2D eigenvalue weighted by molar-refractivity contribution is 7.13. The molecule has 96 valence electrons. The highest BCUT2D eigenvalue weighted by Crippen LogP contribution is 2.24. The van der Waals surface area contributed by atoms with E-state index < -0.39 is 0 Å². The molecule has 0 radical (unpaired) electrons. The van der Waals surface area contributed by atoms with Crippen LogP contribution in [0.3, 0.4) is 0 Å². The van der Waals surface area contributed by atoms with E-state index in [0.29, 0.717) is 0 Å². The van der Waals surface area contributed by atoms with Crippen LogP contribution in [0.5, 0.6) is 0 Å². The molecule has 4 heteroatoms. The van der Waals surface area contributed by atoms with Crippen LogP contribution in [0, 0.1) is 5.92 Å². The number of likely N-dealkylation sites (tertiary alicyclic amines) is 1. The van der Waals surface area contributed by atoms with Gasteiger partial charge in [-0.05, 0) is 36.8 Å². The third-order valence-electron chi connectivity index (χ3n) is 3.41. The summed E-state index contributed by atoms with van der Waals surface area (Å²) in [6.45, 7) is 5.61. The van der Waals surface area contributed by atoms with Gasteiger partial charge in [-0.15, -0.1) is 11.3 Å². The molecule has 1 unspecified atom stereocenters. The van der Waals surface area contributed by atoms with Crippen molar-refractivity contribution >= 4 is 11.3 Å². The molecule has 3 nitrogen and oxygen atoms in total. The molecule has 1 saturated heterocycles. The van der Waals surface area contributed by atoms with Gasteiger partial charge in [0.2, 0.25) is 5.89 Å². The summed E-state index contributed by atoms with van der Waals surface area (Å²) >= 11 is 1.67. The van der Waals surface area contributed by atoms with Crippen molar-refractivity contribution in [3.63, 3.8) is 0 Å². The fourth-order valence-corrected chi connectivity index (χ4v) is 3.21. The van der Waals surface area contributed by atoms with Gasteiger partial charge in [-0.2, -0.15) is 0 Å². The molecule has 1 aliphatic heterocycles. The summed E-state index contributed by atoms with van der Waals surface area (Å²) in [5.41, 5.74) is 1.05. The first-order valence-electron chi connectivity index (χ1n) is 6.52. The highest BCUT2D eigenvalue weighted by atomic mass is 32.1. The van der Waals surface area contributed by atoms with Crippen LogP contribution >= 0.6 is 11.3 Å². The Balaban J connectivity index is 1.66. The Labute approximate surface area is 111 Å². The summed E-state index contributed by atoms with van der Waals surface area (Å²) in [4.78, 5) is 8.16. The minimum atomic E-state index is 0.755. The zero-order valence-corrected chi connectivity index (χ0v) is 11.4. The molecule has 1 atom stereocenters. The second-order valence-electron chi connectivity index (χ2n) is 5.10. The Morgan fingerprint density at radius 1 is 1.56 bits per heavy atom. The predicted octanol–water partition coefficient (Wildman–Crippen LogP) is 3.64. The van der Waals surface area contributed by atoms with Crippen molar-refractivity contribution < 1.29 is 4.42 Å². The molecule has 3 heterocycles. The van der Waals surface area contributed by atoms with E-state index in [0.717, 1.165) is 28.9 Å². The number of nitrogens with zero attached hydrogens (tertiary/aromatic N) is 2. The number of oxazole rings is 1. The normalized spacial score (nSPS) is 21.3. The predicted molar refractivity (Wildman–Crippen MR) is 73.5 cm³/mol. The van der Waals surface area contributed by atoms with E-state index in [9.17, 15) is 0 Å². The van der Waals surface area contributed by atoms with Crippen LogP contribution < -0.4 is 0 Å². The maximum atomic E-state index is 5.55. The Bertz CT molecular complexity index is 492. The molecule has 0 N–H and O–H groups in total. The Hall–Kier alpha value is -1.13. The summed E-state index contributed by atoms with van der Waals surface area (Å²) in [7, 11) is 0. The fourth-order valence-electron chi connectivity index (χ4n) is 2.55. The number of hydrogen-bond acceptors (Lipinski definition) is 4. The molecule has 0 spiro atoms. The SMILES string of the molecule is CC1CCCN(Cc2coc(-c3cccs3)n2)C1. The van der Waals surface area contributed by atoms with Gasteiger partial charge in [0.1, 0.15) is 6.26 Å². The van der Waals surface area contributed by atoms with Gasteiger partial charge in [-0.25, -0.2) is 4.98 Å². The van der Waals surface area contributed by atoms with Crippen LogP contribution in [0.4, 0.5) is 0 Å². The van der Waals surface area contributed by atoms with Gasteiger partial charge in [0.05, 0.1) is 10.6 Å². The lowest BCUT2D eigenvalue weighted by molar-refractivity contribution is 0.175. The van der Waals surface area contributed by atoms with Crippen LogP contribution in [-0.4, -0.2) is 23.0 Å². The van der Waals surface area contributed by atoms with Crippen LogP contribution in [0.1, 0.15) is 25.5 Å². The van der Waals surface area contributed by atoms with Crippen molar-refractivity contribution in [3.8, 4) is 10.8 Å². The molecule has 2 aromatic heterocycles. The lowest BCUT2D eigenvalue weighted by atomic mass is 10.0. The second-order valence-corrected chi connectivity index (χ2v) is 6.05. The molecule has 3 rings (SSSR count). The van der Waals surface area contributed by atoms with Crippen LogP contribution in [0.25, 0.3) is 10.8 Å². The van der Waals surface area contributed by atoms with E-state index in [1.54, 1.807) is 17.6 Å². The van der Waals surface area contributed by atoms with Gasteiger partial charge in [-0.3, -0.25) is 4.90 Å². The number of hydrogen-bond donors (Lipinski definition) is 0. The first-order chi connectivity index (χ1) is 8.81. The quantitative estimate of drug-likeness (QED) is 0.845. The molecular formula is C14H18N2OS. The van der Waals surface area contributed by atoms with Gasteiger partial charge in [0.25, 0.3) is 0 Å². The molecule has 0 amide bonds. The summed E-state index contributed by atoms with van der Waals surface area (Å²) in [6.07, 6.45) is 4.46.